The summed E-state index contributed by atoms with van der Waals surface area (Å²) in [5.41, 5.74) is 4.41. The first kappa shape index (κ1) is 21.8. The van der Waals surface area contributed by atoms with E-state index in [-0.39, 0.29) is 5.78 Å². The van der Waals surface area contributed by atoms with Crippen molar-refractivity contribution in [2.75, 3.05) is 7.11 Å². The van der Waals surface area contributed by atoms with Gasteiger partial charge < -0.3 is 9.30 Å². The number of ether oxygens (including phenoxy) is 1. The lowest BCUT2D eigenvalue weighted by Crippen LogP contribution is -2.22. The molecule has 0 spiro atoms. The predicted octanol–water partition coefficient (Wildman–Crippen LogP) is 5.67. The first-order valence-corrected chi connectivity index (χ1v) is 11.3. The van der Waals surface area contributed by atoms with Gasteiger partial charge in [-0.2, -0.15) is 5.26 Å². The first-order valence-electron chi connectivity index (χ1n) is 11.3. The van der Waals surface area contributed by atoms with E-state index in [1.165, 1.54) is 13.5 Å². The fourth-order valence-electron chi connectivity index (χ4n) is 4.96. The second-order valence-electron chi connectivity index (χ2n) is 8.56. The fourth-order valence-corrected chi connectivity index (χ4v) is 4.96. The number of hydrogen-bond donors (Lipinski definition) is 0. The van der Waals surface area contributed by atoms with Gasteiger partial charge >= 0.3 is 5.97 Å². The molecule has 32 heavy (non-hydrogen) atoms. The topological polar surface area (TPSA) is 72.1 Å². The van der Waals surface area contributed by atoms with Crippen molar-refractivity contribution in [1.82, 2.24) is 4.57 Å². The summed E-state index contributed by atoms with van der Waals surface area (Å²) in [6.45, 7) is 2.66. The molecule has 0 aliphatic heterocycles. The standard InChI is InChI=1S/C27H28N2O3/c1-3-4-5-9-18-14-23-26(24(30)15-18)25-21(27(31)32-2)12-8-13-22(25)29(23)17-20-11-7-6-10-19(20)16-28/h6-8,10-13,18H,3-5,9,14-15,17H2,1-2H3. The molecule has 4 rings (SSSR count). The van der Waals surface area contributed by atoms with Crippen molar-refractivity contribution in [3.63, 3.8) is 0 Å². The molecule has 0 saturated heterocycles. The van der Waals surface area contributed by atoms with Gasteiger partial charge in [-0.3, -0.25) is 4.79 Å². The van der Waals surface area contributed by atoms with Crippen LogP contribution >= 0.6 is 0 Å². The first-order chi connectivity index (χ1) is 15.6. The van der Waals surface area contributed by atoms with E-state index in [4.69, 9.17) is 4.74 Å². The van der Waals surface area contributed by atoms with Crippen molar-refractivity contribution < 1.29 is 14.3 Å². The second kappa shape index (κ2) is 9.40. The van der Waals surface area contributed by atoms with Gasteiger partial charge in [0.15, 0.2) is 5.78 Å². The monoisotopic (exact) mass is 428 g/mol. The number of aromatic nitrogens is 1. The summed E-state index contributed by atoms with van der Waals surface area (Å²) in [6.07, 6.45) is 5.78. The zero-order chi connectivity index (χ0) is 22.7. The summed E-state index contributed by atoms with van der Waals surface area (Å²) in [5.74, 6) is -0.0373. The molecular weight excluding hydrogens is 400 g/mol. The van der Waals surface area contributed by atoms with E-state index in [1.54, 1.807) is 6.07 Å². The van der Waals surface area contributed by atoms with Crippen molar-refractivity contribution in [3.05, 3.63) is 70.4 Å². The number of rotatable bonds is 7. The molecule has 1 unspecified atom stereocenters. The van der Waals surface area contributed by atoms with Crippen LogP contribution < -0.4 is 0 Å². The lowest BCUT2D eigenvalue weighted by Gasteiger charge is -2.24. The molecule has 5 nitrogen and oxygen atoms in total. The summed E-state index contributed by atoms with van der Waals surface area (Å²) in [5, 5.41) is 10.3. The molecule has 1 aliphatic carbocycles. The van der Waals surface area contributed by atoms with E-state index in [2.05, 4.69) is 17.6 Å². The summed E-state index contributed by atoms with van der Waals surface area (Å²) in [7, 11) is 1.36. The van der Waals surface area contributed by atoms with E-state index >= 15 is 0 Å². The predicted molar refractivity (Wildman–Crippen MR) is 124 cm³/mol. The van der Waals surface area contributed by atoms with E-state index in [1.807, 2.05) is 36.4 Å². The molecule has 5 heteroatoms. The quantitative estimate of drug-likeness (QED) is 0.359. The highest BCUT2D eigenvalue weighted by Crippen LogP contribution is 2.38. The normalized spacial score (nSPS) is 15.4. The van der Waals surface area contributed by atoms with Crippen LogP contribution in [0.15, 0.2) is 42.5 Å². The van der Waals surface area contributed by atoms with Gasteiger partial charge in [0.1, 0.15) is 0 Å². The maximum Gasteiger partial charge on any atom is 0.338 e. The van der Waals surface area contributed by atoms with E-state index < -0.39 is 5.97 Å². The van der Waals surface area contributed by atoms with Crippen molar-refractivity contribution >= 4 is 22.7 Å². The molecule has 1 heterocycles. The van der Waals surface area contributed by atoms with Crippen LogP contribution in [0.5, 0.6) is 0 Å². The van der Waals surface area contributed by atoms with Crippen LogP contribution in [-0.4, -0.2) is 23.4 Å². The summed E-state index contributed by atoms with van der Waals surface area (Å²) >= 11 is 0. The molecule has 2 aromatic carbocycles. The van der Waals surface area contributed by atoms with Crippen LogP contribution in [0.25, 0.3) is 10.9 Å². The SMILES string of the molecule is CCCCCC1CC(=O)c2c(n(Cc3ccccc3C#N)c3cccc(C(=O)OC)c23)C1. The molecule has 0 radical (unpaired) electrons. The Morgan fingerprint density at radius 3 is 2.72 bits per heavy atom. The minimum Gasteiger partial charge on any atom is -0.465 e. The van der Waals surface area contributed by atoms with Crippen LogP contribution in [0, 0.1) is 17.2 Å². The number of Topliss-reactive ketones (excluding diaryl/α,β-unsaturated/α-hetero) is 1. The average molecular weight is 429 g/mol. The number of methoxy groups -OCH3 is 1. The summed E-state index contributed by atoms with van der Waals surface area (Å²) < 4.78 is 7.15. The Hall–Kier alpha value is -3.39. The molecule has 3 aromatic rings. The number of ketones is 1. The smallest absolute Gasteiger partial charge is 0.338 e. The Morgan fingerprint density at radius 2 is 1.97 bits per heavy atom. The average Bonchev–Trinajstić information content (AvgIpc) is 3.13. The third kappa shape index (κ3) is 3.93. The van der Waals surface area contributed by atoms with Crippen LogP contribution in [0.3, 0.4) is 0 Å². The van der Waals surface area contributed by atoms with E-state index in [0.717, 1.165) is 42.5 Å². The molecule has 1 aromatic heterocycles. The largest absolute Gasteiger partial charge is 0.465 e. The Kier molecular flexibility index (Phi) is 6.41. The minimum atomic E-state index is -0.439. The molecule has 1 atom stereocenters. The highest BCUT2D eigenvalue weighted by Gasteiger charge is 2.33. The molecule has 164 valence electrons. The van der Waals surface area contributed by atoms with Crippen molar-refractivity contribution in [1.29, 1.82) is 5.26 Å². The third-order valence-corrected chi connectivity index (χ3v) is 6.52. The molecule has 0 saturated carbocycles. The second-order valence-corrected chi connectivity index (χ2v) is 8.56. The number of carbonyl (C=O) groups excluding carboxylic acids is 2. The van der Waals surface area contributed by atoms with Gasteiger partial charge in [0, 0.05) is 29.6 Å². The van der Waals surface area contributed by atoms with Crippen LogP contribution in [-0.2, 0) is 17.7 Å². The number of nitriles is 1. The molecule has 1 aliphatic rings. The van der Waals surface area contributed by atoms with Crippen molar-refractivity contribution in [2.45, 2.75) is 52.0 Å². The van der Waals surface area contributed by atoms with Gasteiger partial charge in [-0.25, -0.2) is 4.79 Å². The lowest BCUT2D eigenvalue weighted by atomic mass is 9.82. The van der Waals surface area contributed by atoms with Crippen LogP contribution in [0.4, 0.5) is 0 Å². The number of carbonyl (C=O) groups is 2. The summed E-state index contributed by atoms with van der Waals surface area (Å²) in [6, 6.07) is 15.3. The Labute approximate surface area is 188 Å². The van der Waals surface area contributed by atoms with Crippen molar-refractivity contribution in [3.8, 4) is 6.07 Å². The fraction of sp³-hybridized carbons (Fsp3) is 0.370. The number of benzene rings is 2. The molecule has 0 N–H and O–H groups in total. The number of esters is 1. The number of nitrogens with zero attached hydrogens (tertiary/aromatic N) is 2. The highest BCUT2D eigenvalue weighted by molar-refractivity contribution is 6.16. The number of fused-ring (bicyclic) bond motifs is 3. The zero-order valence-corrected chi connectivity index (χ0v) is 18.7. The zero-order valence-electron chi connectivity index (χ0n) is 18.7. The summed E-state index contributed by atoms with van der Waals surface area (Å²) in [4.78, 5) is 25.9. The van der Waals surface area contributed by atoms with Gasteiger partial charge in [0.25, 0.3) is 0 Å². The Bertz CT molecular complexity index is 1220. The molecule has 0 bridgehead atoms. The van der Waals surface area contributed by atoms with Gasteiger partial charge in [-0.05, 0) is 42.5 Å². The molecule has 0 amide bonds. The van der Waals surface area contributed by atoms with Gasteiger partial charge in [-0.1, -0.05) is 50.5 Å². The number of unbranched alkanes of at least 4 members (excludes halogenated alkanes) is 2. The van der Waals surface area contributed by atoms with E-state index in [0.29, 0.717) is 41.0 Å². The van der Waals surface area contributed by atoms with Crippen LogP contribution in [0.1, 0.15) is 76.6 Å². The molecule has 0 fully saturated rings. The van der Waals surface area contributed by atoms with E-state index in [9.17, 15) is 14.9 Å². The van der Waals surface area contributed by atoms with Gasteiger partial charge in [0.2, 0.25) is 0 Å². The Balaban J connectivity index is 1.89. The maximum absolute atomic E-state index is 13.4. The maximum atomic E-state index is 13.4. The van der Waals surface area contributed by atoms with Gasteiger partial charge in [0.05, 0.1) is 29.8 Å². The Morgan fingerprint density at radius 1 is 1.16 bits per heavy atom. The highest BCUT2D eigenvalue weighted by atomic mass is 16.5. The lowest BCUT2D eigenvalue weighted by molar-refractivity contribution is 0.0603. The van der Waals surface area contributed by atoms with Crippen molar-refractivity contribution in [2.24, 2.45) is 5.92 Å². The van der Waals surface area contributed by atoms with Gasteiger partial charge in [-0.15, -0.1) is 0 Å². The van der Waals surface area contributed by atoms with Crippen LogP contribution in [0.2, 0.25) is 0 Å². The minimum absolute atomic E-state index is 0.0985. The number of hydrogen-bond acceptors (Lipinski definition) is 4. The molecular formula is C27H28N2O3. The third-order valence-electron chi connectivity index (χ3n) is 6.52.